The molecule has 5 heteroatoms. The Morgan fingerprint density at radius 2 is 1.81 bits per heavy atom. The summed E-state index contributed by atoms with van der Waals surface area (Å²) in [6.07, 6.45) is 0. The molecular formula is C22H19N3O2. The summed E-state index contributed by atoms with van der Waals surface area (Å²) in [5.41, 5.74) is 4.97. The highest BCUT2D eigenvalue weighted by Crippen LogP contribution is 2.26. The Bertz CT molecular complexity index is 1080. The minimum absolute atomic E-state index is 0.213. The molecule has 1 heterocycles. The van der Waals surface area contributed by atoms with Crippen LogP contribution in [-0.2, 0) is 0 Å². The molecular weight excluding hydrogens is 338 g/mol. The molecule has 4 aromatic rings. The summed E-state index contributed by atoms with van der Waals surface area (Å²) in [5.74, 6) is 0.527. The summed E-state index contributed by atoms with van der Waals surface area (Å²) in [7, 11) is 1.74. The first-order chi connectivity index (χ1) is 13.1. The molecule has 5 nitrogen and oxygen atoms in total. The lowest BCUT2D eigenvalue weighted by Gasteiger charge is -2.18. The molecule has 4 rings (SSSR count). The van der Waals surface area contributed by atoms with Crippen LogP contribution in [0, 0.1) is 6.92 Å². The quantitative estimate of drug-likeness (QED) is 0.529. The molecule has 1 N–H and O–H groups in total. The van der Waals surface area contributed by atoms with E-state index in [9.17, 15) is 4.79 Å². The standard InChI is InChI=1S/C22H19N3O2/c1-15-7-5-10-18(13-15)25(2)22(26)23-17-9-6-8-16(14-17)21-24-19-11-3-4-12-20(19)27-21/h3-14H,1-2H3,(H,23,26). The summed E-state index contributed by atoms with van der Waals surface area (Å²) >= 11 is 0. The van der Waals surface area contributed by atoms with Gasteiger partial charge in [0.15, 0.2) is 5.58 Å². The lowest BCUT2D eigenvalue weighted by atomic mass is 10.2. The Morgan fingerprint density at radius 3 is 2.63 bits per heavy atom. The van der Waals surface area contributed by atoms with Crippen molar-refractivity contribution >= 4 is 28.5 Å². The number of fused-ring (bicyclic) bond motifs is 1. The molecule has 134 valence electrons. The van der Waals surface area contributed by atoms with Crippen LogP contribution in [0.25, 0.3) is 22.6 Å². The number of benzene rings is 3. The molecule has 0 unspecified atom stereocenters. The summed E-state index contributed by atoms with van der Waals surface area (Å²) in [5, 5.41) is 2.92. The van der Waals surface area contributed by atoms with Gasteiger partial charge >= 0.3 is 6.03 Å². The number of hydrogen-bond donors (Lipinski definition) is 1. The van der Waals surface area contributed by atoms with E-state index in [0.717, 1.165) is 27.9 Å². The Kier molecular flexibility index (Phi) is 4.34. The Labute approximate surface area is 157 Å². The molecule has 3 aromatic carbocycles. The second-order valence-electron chi connectivity index (χ2n) is 6.40. The summed E-state index contributed by atoms with van der Waals surface area (Å²) in [6.45, 7) is 2.00. The topological polar surface area (TPSA) is 58.4 Å². The van der Waals surface area contributed by atoms with Gasteiger partial charge in [0, 0.05) is 24.0 Å². The van der Waals surface area contributed by atoms with Gasteiger partial charge in [0.05, 0.1) is 0 Å². The van der Waals surface area contributed by atoms with E-state index in [4.69, 9.17) is 4.42 Å². The monoisotopic (exact) mass is 357 g/mol. The lowest BCUT2D eigenvalue weighted by Crippen LogP contribution is -2.31. The normalized spacial score (nSPS) is 10.7. The number of oxazole rings is 1. The van der Waals surface area contributed by atoms with Gasteiger partial charge in [0.2, 0.25) is 5.89 Å². The SMILES string of the molecule is Cc1cccc(N(C)C(=O)Nc2cccc(-c3nc4ccccc4o3)c2)c1. The molecule has 0 aliphatic rings. The minimum atomic E-state index is -0.213. The molecule has 0 radical (unpaired) electrons. The van der Waals surface area contributed by atoms with E-state index in [2.05, 4.69) is 10.3 Å². The molecule has 0 aliphatic heterocycles. The maximum atomic E-state index is 12.6. The Hall–Kier alpha value is -3.60. The second-order valence-corrected chi connectivity index (χ2v) is 6.40. The van der Waals surface area contributed by atoms with Gasteiger partial charge in [-0.05, 0) is 55.0 Å². The highest BCUT2D eigenvalue weighted by atomic mass is 16.3. The van der Waals surface area contributed by atoms with E-state index in [0.29, 0.717) is 11.6 Å². The Morgan fingerprint density at radius 1 is 1.00 bits per heavy atom. The summed E-state index contributed by atoms with van der Waals surface area (Å²) in [4.78, 5) is 18.7. The number of aryl methyl sites for hydroxylation is 1. The van der Waals surface area contributed by atoms with Crippen LogP contribution in [0.4, 0.5) is 16.2 Å². The number of rotatable bonds is 3. The number of carbonyl (C=O) groups excluding carboxylic acids is 1. The molecule has 0 bridgehead atoms. The van der Waals surface area contributed by atoms with Gasteiger partial charge in [-0.2, -0.15) is 0 Å². The van der Waals surface area contributed by atoms with Gasteiger partial charge in [0.25, 0.3) is 0 Å². The van der Waals surface area contributed by atoms with Crippen LogP contribution >= 0.6 is 0 Å². The van der Waals surface area contributed by atoms with Gasteiger partial charge < -0.3 is 9.73 Å². The van der Waals surface area contributed by atoms with E-state index in [1.807, 2.05) is 79.7 Å². The van der Waals surface area contributed by atoms with Crippen molar-refractivity contribution in [1.82, 2.24) is 4.98 Å². The number of anilines is 2. The predicted octanol–water partition coefficient (Wildman–Crippen LogP) is 5.47. The van der Waals surface area contributed by atoms with E-state index in [1.165, 1.54) is 0 Å². The number of carbonyl (C=O) groups is 1. The fraction of sp³-hybridized carbons (Fsp3) is 0.0909. The third-order valence-electron chi connectivity index (χ3n) is 4.35. The zero-order valence-corrected chi connectivity index (χ0v) is 15.1. The highest BCUT2D eigenvalue weighted by molar-refractivity contribution is 6.01. The van der Waals surface area contributed by atoms with Crippen LogP contribution in [-0.4, -0.2) is 18.1 Å². The highest BCUT2D eigenvalue weighted by Gasteiger charge is 2.13. The zero-order valence-electron chi connectivity index (χ0n) is 15.1. The van der Waals surface area contributed by atoms with Crippen LogP contribution < -0.4 is 10.2 Å². The number of hydrogen-bond acceptors (Lipinski definition) is 3. The predicted molar refractivity (Wildman–Crippen MR) is 108 cm³/mol. The molecule has 0 aliphatic carbocycles. The molecule has 1 aromatic heterocycles. The second kappa shape index (κ2) is 6.96. The van der Waals surface area contributed by atoms with Crippen molar-refractivity contribution in [3.63, 3.8) is 0 Å². The van der Waals surface area contributed by atoms with Crippen molar-refractivity contribution < 1.29 is 9.21 Å². The lowest BCUT2D eigenvalue weighted by molar-refractivity contribution is 0.258. The first-order valence-corrected chi connectivity index (χ1v) is 8.67. The third-order valence-corrected chi connectivity index (χ3v) is 4.35. The molecule has 0 saturated carbocycles. The van der Waals surface area contributed by atoms with Gasteiger partial charge in [-0.3, -0.25) is 4.90 Å². The third kappa shape index (κ3) is 3.53. The molecule has 0 fully saturated rings. The Balaban J connectivity index is 1.56. The van der Waals surface area contributed by atoms with Crippen LogP contribution in [0.15, 0.2) is 77.2 Å². The summed E-state index contributed by atoms with van der Waals surface area (Å²) < 4.78 is 5.81. The largest absolute Gasteiger partial charge is 0.436 e. The first-order valence-electron chi connectivity index (χ1n) is 8.67. The van der Waals surface area contributed by atoms with Crippen molar-refractivity contribution in [1.29, 1.82) is 0 Å². The maximum absolute atomic E-state index is 12.6. The first kappa shape index (κ1) is 16.8. The molecule has 0 spiro atoms. The van der Waals surface area contributed by atoms with E-state index in [1.54, 1.807) is 11.9 Å². The smallest absolute Gasteiger partial charge is 0.326 e. The number of aromatic nitrogens is 1. The van der Waals surface area contributed by atoms with Crippen LogP contribution in [0.1, 0.15) is 5.56 Å². The van der Waals surface area contributed by atoms with Gasteiger partial charge in [-0.15, -0.1) is 0 Å². The average molecular weight is 357 g/mol. The van der Waals surface area contributed by atoms with Crippen molar-refractivity contribution in [2.45, 2.75) is 6.92 Å². The fourth-order valence-corrected chi connectivity index (χ4v) is 2.89. The van der Waals surface area contributed by atoms with Crippen LogP contribution in [0.5, 0.6) is 0 Å². The van der Waals surface area contributed by atoms with Crippen LogP contribution in [0.3, 0.4) is 0 Å². The minimum Gasteiger partial charge on any atom is -0.436 e. The van der Waals surface area contributed by atoms with Crippen molar-refractivity contribution in [3.8, 4) is 11.5 Å². The fourth-order valence-electron chi connectivity index (χ4n) is 2.89. The van der Waals surface area contributed by atoms with Crippen molar-refractivity contribution in [2.75, 3.05) is 17.3 Å². The maximum Gasteiger partial charge on any atom is 0.326 e. The molecule has 0 atom stereocenters. The zero-order chi connectivity index (χ0) is 18.8. The van der Waals surface area contributed by atoms with E-state index < -0.39 is 0 Å². The number of nitrogens with zero attached hydrogens (tertiary/aromatic N) is 2. The summed E-state index contributed by atoms with van der Waals surface area (Å²) in [6, 6.07) is 22.7. The van der Waals surface area contributed by atoms with Crippen LogP contribution in [0.2, 0.25) is 0 Å². The number of para-hydroxylation sites is 2. The van der Waals surface area contributed by atoms with Crippen molar-refractivity contribution in [2.24, 2.45) is 0 Å². The van der Waals surface area contributed by atoms with Gasteiger partial charge in [0.1, 0.15) is 5.52 Å². The average Bonchev–Trinajstić information content (AvgIpc) is 3.12. The van der Waals surface area contributed by atoms with E-state index >= 15 is 0 Å². The number of nitrogens with one attached hydrogen (secondary N) is 1. The molecule has 0 saturated heterocycles. The number of urea groups is 1. The van der Waals surface area contributed by atoms with E-state index in [-0.39, 0.29) is 6.03 Å². The molecule has 2 amide bonds. The van der Waals surface area contributed by atoms with Gasteiger partial charge in [-0.25, -0.2) is 9.78 Å². The van der Waals surface area contributed by atoms with Crippen molar-refractivity contribution in [3.05, 3.63) is 78.4 Å². The van der Waals surface area contributed by atoms with Gasteiger partial charge in [-0.1, -0.05) is 30.3 Å². The number of amides is 2. The molecule has 27 heavy (non-hydrogen) atoms.